The first-order valence-corrected chi connectivity index (χ1v) is 11.3. The van der Waals surface area contributed by atoms with Crippen molar-refractivity contribution in [2.24, 2.45) is 5.92 Å². The van der Waals surface area contributed by atoms with Gasteiger partial charge in [-0.15, -0.1) is 0 Å². The van der Waals surface area contributed by atoms with Crippen LogP contribution in [-0.4, -0.2) is 40.0 Å². The molecule has 5 rings (SSSR count). The third-order valence-corrected chi connectivity index (χ3v) is 7.18. The number of aromatic nitrogens is 2. The van der Waals surface area contributed by atoms with E-state index in [1.807, 2.05) is 26.0 Å². The minimum absolute atomic E-state index is 0.0265. The van der Waals surface area contributed by atoms with Crippen LogP contribution in [-0.2, 0) is 22.3 Å². The lowest BCUT2D eigenvalue weighted by Crippen LogP contribution is -2.46. The van der Waals surface area contributed by atoms with Crippen molar-refractivity contribution in [2.45, 2.75) is 77.0 Å². The number of ether oxygens (including phenoxy) is 2. The molecule has 7 heteroatoms. The molecule has 1 aromatic heterocycles. The van der Waals surface area contributed by atoms with Crippen LogP contribution in [0, 0.1) is 24.2 Å². The highest BCUT2D eigenvalue weighted by atomic mass is 35.5. The normalized spacial score (nSPS) is 30.8. The largest absolute Gasteiger partial charge is 0.348 e. The maximum absolute atomic E-state index is 9.59. The van der Waals surface area contributed by atoms with Crippen LogP contribution in [0.1, 0.15) is 49.6 Å². The van der Waals surface area contributed by atoms with Gasteiger partial charge in [0, 0.05) is 22.3 Å². The highest BCUT2D eigenvalue weighted by molar-refractivity contribution is 6.30. The third-order valence-electron chi connectivity index (χ3n) is 6.94. The summed E-state index contributed by atoms with van der Waals surface area (Å²) in [5.74, 6) is 0.642. The van der Waals surface area contributed by atoms with Gasteiger partial charge in [-0.1, -0.05) is 17.7 Å². The van der Waals surface area contributed by atoms with E-state index < -0.39 is 5.79 Å². The molecule has 0 N–H and O–H groups in total. The van der Waals surface area contributed by atoms with Crippen LogP contribution in [0.25, 0.3) is 0 Å². The Morgan fingerprint density at radius 1 is 1.26 bits per heavy atom. The summed E-state index contributed by atoms with van der Waals surface area (Å²) in [4.78, 5) is 11.5. The van der Waals surface area contributed by atoms with Gasteiger partial charge in [0.2, 0.25) is 0 Å². The van der Waals surface area contributed by atoms with Crippen LogP contribution < -0.4 is 4.90 Å². The SMILES string of the molecule is Cc1ncnc2c1CC(C)N2[C@@H]1C[C@H](Cc2ccc(Cl)cc2C#N)[C@H]2OC(C)(C)O[C@H]21. The topological polar surface area (TPSA) is 71.3 Å². The Morgan fingerprint density at radius 2 is 2.03 bits per heavy atom. The lowest BCUT2D eigenvalue weighted by Gasteiger charge is -2.34. The molecule has 1 saturated heterocycles. The molecule has 2 fully saturated rings. The van der Waals surface area contributed by atoms with Gasteiger partial charge in [0.15, 0.2) is 5.79 Å². The number of halogens is 1. The molecule has 1 aromatic carbocycles. The second kappa shape index (κ2) is 7.44. The van der Waals surface area contributed by atoms with Crippen LogP contribution >= 0.6 is 11.6 Å². The Morgan fingerprint density at radius 3 is 2.81 bits per heavy atom. The fraction of sp³-hybridized carbons (Fsp3) is 0.542. The van der Waals surface area contributed by atoms with E-state index in [1.54, 1.807) is 12.4 Å². The number of fused-ring (bicyclic) bond motifs is 2. The monoisotopic (exact) mass is 438 g/mol. The average molecular weight is 439 g/mol. The average Bonchev–Trinajstić information content (AvgIpc) is 3.32. The summed E-state index contributed by atoms with van der Waals surface area (Å²) in [5, 5.41) is 10.2. The van der Waals surface area contributed by atoms with Crippen LogP contribution in [0.3, 0.4) is 0 Å². The van der Waals surface area contributed by atoms with Gasteiger partial charge in [-0.25, -0.2) is 9.97 Å². The Labute approximate surface area is 188 Å². The van der Waals surface area contributed by atoms with Crippen molar-refractivity contribution in [3.63, 3.8) is 0 Å². The van der Waals surface area contributed by atoms with Gasteiger partial charge in [-0.05, 0) is 70.6 Å². The molecule has 0 bridgehead atoms. The third kappa shape index (κ3) is 3.49. The maximum atomic E-state index is 9.59. The number of aryl methyl sites for hydroxylation is 1. The lowest BCUT2D eigenvalue weighted by atomic mass is 9.93. The molecule has 1 aliphatic carbocycles. The molecule has 31 heavy (non-hydrogen) atoms. The number of hydrogen-bond donors (Lipinski definition) is 0. The minimum atomic E-state index is -0.627. The maximum Gasteiger partial charge on any atom is 0.163 e. The molecule has 1 saturated carbocycles. The van der Waals surface area contributed by atoms with E-state index in [1.165, 1.54) is 5.56 Å². The molecule has 0 radical (unpaired) electrons. The van der Waals surface area contributed by atoms with E-state index in [0.717, 1.165) is 36.3 Å². The summed E-state index contributed by atoms with van der Waals surface area (Å²) in [6, 6.07) is 8.36. The lowest BCUT2D eigenvalue weighted by molar-refractivity contribution is -0.157. The zero-order valence-electron chi connectivity index (χ0n) is 18.3. The van der Waals surface area contributed by atoms with Crippen molar-refractivity contribution in [2.75, 3.05) is 4.90 Å². The van der Waals surface area contributed by atoms with E-state index in [2.05, 4.69) is 34.8 Å². The first-order chi connectivity index (χ1) is 14.8. The predicted molar refractivity (Wildman–Crippen MR) is 118 cm³/mol. The van der Waals surface area contributed by atoms with Crippen molar-refractivity contribution in [3.05, 3.63) is 51.9 Å². The molecule has 2 aromatic rings. The summed E-state index contributed by atoms with van der Waals surface area (Å²) in [6.07, 6.45) is 4.22. The van der Waals surface area contributed by atoms with Crippen molar-refractivity contribution < 1.29 is 9.47 Å². The van der Waals surface area contributed by atoms with Crippen LogP contribution in [0.4, 0.5) is 5.82 Å². The number of benzene rings is 1. The molecule has 1 unspecified atom stereocenters. The Hall–Kier alpha value is -2.20. The Bertz CT molecular complexity index is 1070. The van der Waals surface area contributed by atoms with Gasteiger partial charge < -0.3 is 14.4 Å². The number of rotatable bonds is 3. The van der Waals surface area contributed by atoms with Crippen molar-refractivity contribution in [3.8, 4) is 6.07 Å². The number of nitrogens with zero attached hydrogens (tertiary/aromatic N) is 4. The molecular weight excluding hydrogens is 412 g/mol. The fourth-order valence-corrected chi connectivity index (χ4v) is 5.85. The molecule has 0 spiro atoms. The number of nitriles is 1. The van der Waals surface area contributed by atoms with Crippen LogP contribution in [0.5, 0.6) is 0 Å². The smallest absolute Gasteiger partial charge is 0.163 e. The second-order valence-electron chi connectivity index (χ2n) is 9.47. The molecule has 5 atom stereocenters. The summed E-state index contributed by atoms with van der Waals surface area (Å²) >= 11 is 6.11. The van der Waals surface area contributed by atoms with E-state index >= 15 is 0 Å². The molecule has 6 nitrogen and oxygen atoms in total. The van der Waals surface area contributed by atoms with Gasteiger partial charge in [-0.3, -0.25) is 0 Å². The minimum Gasteiger partial charge on any atom is -0.348 e. The molecule has 162 valence electrons. The first kappa shape index (κ1) is 20.7. The van der Waals surface area contributed by atoms with E-state index in [4.69, 9.17) is 21.1 Å². The fourth-order valence-electron chi connectivity index (χ4n) is 5.68. The molecule has 3 heterocycles. The summed E-state index contributed by atoms with van der Waals surface area (Å²) in [7, 11) is 0. The quantitative estimate of drug-likeness (QED) is 0.714. The number of hydrogen-bond acceptors (Lipinski definition) is 6. The molecular formula is C24H27ClN4O2. The zero-order chi connectivity index (χ0) is 21.9. The number of anilines is 1. The van der Waals surface area contributed by atoms with Crippen molar-refractivity contribution >= 4 is 17.4 Å². The summed E-state index contributed by atoms with van der Waals surface area (Å²) in [6.45, 7) is 8.27. The Kier molecular flexibility index (Phi) is 4.97. The molecule has 3 aliphatic rings. The molecule has 0 amide bonds. The molecule has 2 aliphatic heterocycles. The van der Waals surface area contributed by atoms with E-state index in [9.17, 15) is 5.26 Å². The van der Waals surface area contributed by atoms with Crippen LogP contribution in [0.15, 0.2) is 24.5 Å². The van der Waals surface area contributed by atoms with E-state index in [0.29, 0.717) is 16.6 Å². The van der Waals surface area contributed by atoms with Gasteiger partial charge >= 0.3 is 0 Å². The van der Waals surface area contributed by atoms with Gasteiger partial charge in [0.25, 0.3) is 0 Å². The van der Waals surface area contributed by atoms with Gasteiger partial charge in [-0.2, -0.15) is 5.26 Å². The van der Waals surface area contributed by atoms with E-state index in [-0.39, 0.29) is 24.2 Å². The van der Waals surface area contributed by atoms with Gasteiger partial charge in [0.05, 0.1) is 23.8 Å². The highest BCUT2D eigenvalue weighted by Crippen LogP contribution is 2.48. The second-order valence-corrected chi connectivity index (χ2v) is 9.90. The summed E-state index contributed by atoms with van der Waals surface area (Å²) in [5.41, 5.74) is 3.93. The predicted octanol–water partition coefficient (Wildman–Crippen LogP) is 4.21. The first-order valence-electron chi connectivity index (χ1n) is 10.9. The van der Waals surface area contributed by atoms with Crippen LogP contribution in [0.2, 0.25) is 5.02 Å². The van der Waals surface area contributed by atoms with Crippen molar-refractivity contribution in [1.82, 2.24) is 9.97 Å². The summed E-state index contributed by atoms with van der Waals surface area (Å²) < 4.78 is 12.8. The van der Waals surface area contributed by atoms with Gasteiger partial charge in [0.1, 0.15) is 18.2 Å². The Balaban J connectivity index is 1.49. The highest BCUT2D eigenvalue weighted by Gasteiger charge is 2.56. The van der Waals surface area contributed by atoms with Crippen molar-refractivity contribution in [1.29, 1.82) is 5.26 Å². The standard InChI is InChI=1S/C24H27ClN4O2/c1-13-7-19-14(2)27-12-28-23(19)29(13)20-10-16(21-22(20)31-24(3,4)30-21)8-15-5-6-18(25)9-17(15)11-26/h5-6,9,12-13,16,20-22H,7-8,10H2,1-4H3/t13?,16-,20+,21+,22-/m0/s1. The zero-order valence-corrected chi connectivity index (χ0v) is 19.1.